The van der Waals surface area contributed by atoms with Crippen LogP contribution < -0.4 is 9.64 Å². The lowest BCUT2D eigenvalue weighted by atomic mass is 9.96. The minimum Gasteiger partial charge on any atom is -0.495 e. The van der Waals surface area contributed by atoms with Crippen molar-refractivity contribution in [2.75, 3.05) is 19.1 Å². The third-order valence-corrected chi connectivity index (χ3v) is 2.90. The van der Waals surface area contributed by atoms with Gasteiger partial charge in [0.15, 0.2) is 0 Å². The summed E-state index contributed by atoms with van der Waals surface area (Å²) in [5.41, 5.74) is 0.313. The van der Waals surface area contributed by atoms with Crippen molar-refractivity contribution in [2.24, 2.45) is 11.8 Å². The van der Waals surface area contributed by atoms with Crippen LogP contribution >= 0.6 is 0 Å². The molecule has 0 spiro atoms. The normalized spacial score (nSPS) is 11.8. The largest absolute Gasteiger partial charge is 0.495 e. The van der Waals surface area contributed by atoms with Crippen molar-refractivity contribution < 1.29 is 13.9 Å². The van der Waals surface area contributed by atoms with Crippen LogP contribution in [0.4, 0.5) is 10.1 Å². The van der Waals surface area contributed by atoms with Gasteiger partial charge in [0.2, 0.25) is 5.91 Å². The number of carbonyl (C=O) groups excluding carboxylic acids is 1. The first-order chi connectivity index (χ1) is 8.92. The molecule has 0 radical (unpaired) electrons. The van der Waals surface area contributed by atoms with Crippen LogP contribution in [-0.4, -0.2) is 20.1 Å². The van der Waals surface area contributed by atoms with Crippen LogP contribution in [0, 0.1) is 29.0 Å². The van der Waals surface area contributed by atoms with Crippen LogP contribution in [-0.2, 0) is 4.79 Å². The average Bonchev–Trinajstić information content (AvgIpc) is 2.38. The predicted octanol–water partition coefficient (Wildman–Crippen LogP) is 2.59. The van der Waals surface area contributed by atoms with Crippen LogP contribution in [0.3, 0.4) is 0 Å². The molecule has 1 rings (SSSR count). The number of hydrogen-bond acceptors (Lipinski definition) is 3. The Morgan fingerprint density at radius 2 is 2.11 bits per heavy atom. The SMILES string of the molecule is COc1ccc(F)cc1N(C)C(=O)C(C#N)C(C)C. The smallest absolute Gasteiger partial charge is 0.244 e. The van der Waals surface area contributed by atoms with Crippen molar-refractivity contribution in [3.8, 4) is 11.8 Å². The minimum atomic E-state index is -0.766. The number of carbonyl (C=O) groups is 1. The molecule has 0 aliphatic carbocycles. The third-order valence-electron chi connectivity index (χ3n) is 2.90. The zero-order valence-electron chi connectivity index (χ0n) is 11.5. The van der Waals surface area contributed by atoms with Gasteiger partial charge in [-0.2, -0.15) is 5.26 Å². The Kier molecular flexibility index (Phi) is 4.87. The lowest BCUT2D eigenvalue weighted by Crippen LogP contribution is -2.35. The molecule has 1 unspecified atom stereocenters. The maximum atomic E-state index is 13.3. The van der Waals surface area contributed by atoms with Gasteiger partial charge in [0.25, 0.3) is 0 Å². The monoisotopic (exact) mass is 264 g/mol. The Morgan fingerprint density at radius 3 is 2.58 bits per heavy atom. The number of methoxy groups -OCH3 is 1. The summed E-state index contributed by atoms with van der Waals surface area (Å²) >= 11 is 0. The second kappa shape index (κ2) is 6.19. The van der Waals surface area contributed by atoms with Gasteiger partial charge in [-0.25, -0.2) is 4.39 Å². The number of nitriles is 1. The Hall–Kier alpha value is -2.09. The van der Waals surface area contributed by atoms with Gasteiger partial charge in [-0.15, -0.1) is 0 Å². The van der Waals surface area contributed by atoms with E-state index in [9.17, 15) is 9.18 Å². The van der Waals surface area contributed by atoms with Crippen LogP contribution in [0.25, 0.3) is 0 Å². The molecule has 1 atom stereocenters. The summed E-state index contributed by atoms with van der Waals surface area (Å²) in [4.78, 5) is 13.5. The van der Waals surface area contributed by atoms with Gasteiger partial charge in [0.05, 0.1) is 18.9 Å². The molecule has 0 saturated heterocycles. The van der Waals surface area contributed by atoms with Gasteiger partial charge < -0.3 is 9.64 Å². The lowest BCUT2D eigenvalue weighted by molar-refractivity contribution is -0.121. The Bertz CT molecular complexity index is 509. The lowest BCUT2D eigenvalue weighted by Gasteiger charge is -2.23. The second-order valence-corrected chi connectivity index (χ2v) is 4.56. The molecule has 1 aromatic carbocycles. The van der Waals surface area contributed by atoms with Gasteiger partial charge in [-0.3, -0.25) is 4.79 Å². The van der Waals surface area contributed by atoms with Crippen LogP contribution in [0.2, 0.25) is 0 Å². The Balaban J connectivity index is 3.13. The van der Waals surface area contributed by atoms with E-state index in [4.69, 9.17) is 10.00 Å². The second-order valence-electron chi connectivity index (χ2n) is 4.56. The fourth-order valence-electron chi connectivity index (χ4n) is 1.74. The maximum Gasteiger partial charge on any atom is 0.244 e. The topological polar surface area (TPSA) is 53.3 Å². The van der Waals surface area contributed by atoms with Crippen molar-refractivity contribution in [1.82, 2.24) is 0 Å². The molecule has 0 saturated carbocycles. The minimum absolute atomic E-state index is 0.112. The molecule has 19 heavy (non-hydrogen) atoms. The summed E-state index contributed by atoms with van der Waals surface area (Å²) in [5, 5.41) is 9.04. The van der Waals surface area contributed by atoms with E-state index in [-0.39, 0.29) is 11.8 Å². The average molecular weight is 264 g/mol. The molecular formula is C14H17FN2O2. The summed E-state index contributed by atoms with van der Waals surface area (Å²) in [6, 6.07) is 5.90. The standard InChI is InChI=1S/C14H17FN2O2/c1-9(2)11(8-16)14(18)17(3)12-7-10(15)5-6-13(12)19-4/h5-7,9,11H,1-4H3. The van der Waals surface area contributed by atoms with Crippen LogP contribution in [0.15, 0.2) is 18.2 Å². The summed E-state index contributed by atoms with van der Waals surface area (Å²) in [6.07, 6.45) is 0. The molecule has 0 aromatic heterocycles. The van der Waals surface area contributed by atoms with Gasteiger partial charge >= 0.3 is 0 Å². The fraction of sp³-hybridized carbons (Fsp3) is 0.429. The highest BCUT2D eigenvalue weighted by molar-refractivity contribution is 5.97. The van der Waals surface area contributed by atoms with Crippen molar-refractivity contribution in [2.45, 2.75) is 13.8 Å². The first-order valence-electron chi connectivity index (χ1n) is 5.93. The quantitative estimate of drug-likeness (QED) is 0.840. The number of ether oxygens (including phenoxy) is 1. The molecule has 0 bridgehead atoms. The highest BCUT2D eigenvalue weighted by atomic mass is 19.1. The first-order valence-corrected chi connectivity index (χ1v) is 5.93. The summed E-state index contributed by atoms with van der Waals surface area (Å²) < 4.78 is 18.4. The van der Waals surface area contributed by atoms with Gasteiger partial charge in [0, 0.05) is 13.1 Å². The van der Waals surface area contributed by atoms with E-state index in [1.54, 1.807) is 13.8 Å². The first kappa shape index (κ1) is 15.0. The van der Waals surface area contributed by atoms with E-state index in [0.29, 0.717) is 11.4 Å². The number of benzene rings is 1. The molecule has 1 aromatic rings. The van der Waals surface area contributed by atoms with E-state index < -0.39 is 11.7 Å². The Labute approximate surface area is 112 Å². The van der Waals surface area contributed by atoms with E-state index >= 15 is 0 Å². The van der Waals surface area contributed by atoms with Gasteiger partial charge in [0.1, 0.15) is 17.5 Å². The number of nitrogens with zero attached hydrogens (tertiary/aromatic N) is 2. The molecule has 0 aliphatic heterocycles. The van der Waals surface area contributed by atoms with E-state index in [1.807, 2.05) is 6.07 Å². The summed E-state index contributed by atoms with van der Waals surface area (Å²) in [6.45, 7) is 3.59. The zero-order chi connectivity index (χ0) is 14.6. The van der Waals surface area contributed by atoms with E-state index in [2.05, 4.69) is 0 Å². The fourth-order valence-corrected chi connectivity index (χ4v) is 1.74. The molecular weight excluding hydrogens is 247 g/mol. The molecule has 102 valence electrons. The number of hydrogen-bond donors (Lipinski definition) is 0. The third kappa shape index (κ3) is 3.22. The van der Waals surface area contributed by atoms with Gasteiger partial charge in [-0.1, -0.05) is 13.8 Å². The molecule has 4 nitrogen and oxygen atoms in total. The Morgan fingerprint density at radius 1 is 1.47 bits per heavy atom. The number of halogens is 1. The van der Waals surface area contributed by atoms with Crippen molar-refractivity contribution in [3.05, 3.63) is 24.0 Å². The molecule has 5 heteroatoms. The van der Waals surface area contributed by atoms with Gasteiger partial charge in [-0.05, 0) is 18.1 Å². The maximum absolute atomic E-state index is 13.3. The molecule has 1 amide bonds. The van der Waals surface area contributed by atoms with Crippen molar-refractivity contribution >= 4 is 11.6 Å². The number of amides is 1. The van der Waals surface area contributed by atoms with Crippen LogP contribution in [0.1, 0.15) is 13.8 Å². The predicted molar refractivity (Wildman–Crippen MR) is 70.3 cm³/mol. The highest BCUT2D eigenvalue weighted by Crippen LogP contribution is 2.29. The highest BCUT2D eigenvalue weighted by Gasteiger charge is 2.27. The van der Waals surface area contributed by atoms with Crippen molar-refractivity contribution in [3.63, 3.8) is 0 Å². The summed E-state index contributed by atoms with van der Waals surface area (Å²) in [7, 11) is 2.95. The molecule has 0 N–H and O–H groups in total. The van der Waals surface area contributed by atoms with Crippen LogP contribution in [0.5, 0.6) is 5.75 Å². The van der Waals surface area contributed by atoms with E-state index in [0.717, 1.165) is 0 Å². The number of rotatable bonds is 4. The molecule has 0 heterocycles. The van der Waals surface area contributed by atoms with Crippen molar-refractivity contribution in [1.29, 1.82) is 5.26 Å². The van der Waals surface area contributed by atoms with E-state index in [1.165, 1.54) is 37.3 Å². The number of anilines is 1. The summed E-state index contributed by atoms with van der Waals surface area (Å²) in [5.74, 6) is -1.33. The molecule has 0 aliphatic rings. The zero-order valence-corrected chi connectivity index (χ0v) is 11.5. The molecule has 0 fully saturated rings.